The van der Waals surface area contributed by atoms with Crippen LogP contribution in [0.4, 0.5) is 5.69 Å². The van der Waals surface area contributed by atoms with E-state index in [1.165, 1.54) is 23.5 Å². The Morgan fingerprint density at radius 2 is 1.93 bits per heavy atom. The molecule has 2 N–H and O–H groups in total. The summed E-state index contributed by atoms with van der Waals surface area (Å²) in [5, 5.41) is 9.96. The van der Waals surface area contributed by atoms with Gasteiger partial charge < -0.3 is 5.32 Å². The molecule has 27 heavy (non-hydrogen) atoms. The van der Waals surface area contributed by atoms with Gasteiger partial charge >= 0.3 is 0 Å². The highest BCUT2D eigenvalue weighted by atomic mass is 32.2. The maximum atomic E-state index is 12.6. The molecular formula is C20H20N4OS2. The molecule has 0 spiro atoms. The number of aromatic amines is 1. The number of anilines is 1. The minimum Gasteiger partial charge on any atom is -0.322 e. The molecule has 0 aliphatic carbocycles. The first-order chi connectivity index (χ1) is 13.2. The molecule has 1 amide bonds. The zero-order chi connectivity index (χ0) is 18.6. The van der Waals surface area contributed by atoms with Gasteiger partial charge in [0.1, 0.15) is 5.82 Å². The number of rotatable bonds is 4. The largest absolute Gasteiger partial charge is 0.322 e. The highest BCUT2D eigenvalue weighted by molar-refractivity contribution is 8.16. The topological polar surface area (TPSA) is 70.7 Å². The summed E-state index contributed by atoms with van der Waals surface area (Å²) >= 11 is 3.96. The van der Waals surface area contributed by atoms with E-state index >= 15 is 0 Å². The van der Waals surface area contributed by atoms with Crippen LogP contribution in [0.2, 0.25) is 0 Å². The summed E-state index contributed by atoms with van der Waals surface area (Å²) in [5.41, 5.74) is 3.52. The second-order valence-corrected chi connectivity index (χ2v) is 9.05. The first kappa shape index (κ1) is 18.1. The van der Waals surface area contributed by atoms with Crippen LogP contribution in [0.5, 0.6) is 0 Å². The average Bonchev–Trinajstić information content (AvgIpc) is 3.15. The van der Waals surface area contributed by atoms with Crippen LogP contribution in [0.15, 0.2) is 48.5 Å². The van der Waals surface area contributed by atoms with E-state index in [1.807, 2.05) is 66.8 Å². The summed E-state index contributed by atoms with van der Waals surface area (Å²) in [6.07, 6.45) is 1.28. The Morgan fingerprint density at radius 1 is 1.15 bits per heavy atom. The molecule has 2 heterocycles. The van der Waals surface area contributed by atoms with Gasteiger partial charge in [0, 0.05) is 16.8 Å². The van der Waals surface area contributed by atoms with E-state index in [0.29, 0.717) is 16.0 Å². The number of aryl methyl sites for hydroxylation is 1. The molecular weight excluding hydrogens is 376 g/mol. The van der Waals surface area contributed by atoms with Crippen LogP contribution >= 0.6 is 23.5 Å². The molecule has 0 saturated carbocycles. The number of amides is 1. The molecule has 138 valence electrons. The van der Waals surface area contributed by atoms with E-state index in [1.54, 1.807) is 0 Å². The van der Waals surface area contributed by atoms with E-state index < -0.39 is 0 Å². The van der Waals surface area contributed by atoms with Gasteiger partial charge in [-0.2, -0.15) is 5.10 Å². The number of H-pyrrole nitrogens is 1. The van der Waals surface area contributed by atoms with E-state index in [-0.39, 0.29) is 5.91 Å². The van der Waals surface area contributed by atoms with Crippen LogP contribution < -0.4 is 5.32 Å². The fourth-order valence-electron chi connectivity index (χ4n) is 2.88. The molecule has 0 unspecified atom stereocenters. The Labute approximate surface area is 166 Å². The lowest BCUT2D eigenvalue weighted by atomic mass is 10.1. The quantitative estimate of drug-likeness (QED) is 0.656. The molecule has 1 saturated heterocycles. The molecule has 0 radical (unpaired) electrons. The third kappa shape index (κ3) is 4.36. The predicted octanol–water partition coefficient (Wildman–Crippen LogP) is 4.90. The fourth-order valence-corrected chi connectivity index (χ4v) is 5.78. The molecule has 0 bridgehead atoms. The minimum absolute atomic E-state index is 0.117. The Balaban J connectivity index is 1.46. The number of carbonyl (C=O) groups excluding carboxylic acids is 1. The zero-order valence-electron chi connectivity index (χ0n) is 14.9. The maximum absolute atomic E-state index is 12.6. The minimum atomic E-state index is -0.117. The number of hydrogen-bond acceptors (Lipinski definition) is 5. The Kier molecular flexibility index (Phi) is 5.50. The molecule has 7 heteroatoms. The van der Waals surface area contributed by atoms with Crippen molar-refractivity contribution in [3.8, 4) is 11.4 Å². The third-order valence-electron chi connectivity index (χ3n) is 4.25. The van der Waals surface area contributed by atoms with Crippen molar-refractivity contribution in [1.82, 2.24) is 15.2 Å². The van der Waals surface area contributed by atoms with Gasteiger partial charge in [-0.05, 0) is 54.7 Å². The van der Waals surface area contributed by atoms with Gasteiger partial charge in [0.15, 0.2) is 5.82 Å². The van der Waals surface area contributed by atoms with Crippen LogP contribution in [-0.2, 0) is 0 Å². The standard InChI is InChI=1S/C20H20N4OS2/c1-13-21-18(24-23-13)16-4-2-5-17(12-16)22-19(25)14-6-8-15(9-7-14)20-26-10-3-11-27-20/h2,4-9,12,20H,3,10-11H2,1H3,(H,22,25)(H,21,23,24). The van der Waals surface area contributed by atoms with Gasteiger partial charge in [-0.15, -0.1) is 23.5 Å². The Hall–Kier alpha value is -2.25. The van der Waals surface area contributed by atoms with Crippen LogP contribution in [0.25, 0.3) is 11.4 Å². The number of aromatic nitrogens is 3. The van der Waals surface area contributed by atoms with Crippen molar-refractivity contribution in [2.75, 3.05) is 16.8 Å². The predicted molar refractivity (Wildman–Crippen MR) is 113 cm³/mol. The lowest BCUT2D eigenvalue weighted by Gasteiger charge is -2.21. The summed E-state index contributed by atoms with van der Waals surface area (Å²) in [4.78, 5) is 16.9. The van der Waals surface area contributed by atoms with Crippen molar-refractivity contribution in [2.45, 2.75) is 17.9 Å². The number of hydrogen-bond donors (Lipinski definition) is 2. The molecule has 3 aromatic rings. The van der Waals surface area contributed by atoms with E-state index in [4.69, 9.17) is 0 Å². The van der Waals surface area contributed by atoms with Crippen LogP contribution in [-0.4, -0.2) is 32.6 Å². The lowest BCUT2D eigenvalue weighted by molar-refractivity contribution is 0.102. The van der Waals surface area contributed by atoms with E-state index in [9.17, 15) is 4.79 Å². The van der Waals surface area contributed by atoms with Crippen LogP contribution in [0.1, 0.15) is 32.7 Å². The van der Waals surface area contributed by atoms with Gasteiger partial charge in [0.2, 0.25) is 0 Å². The molecule has 0 atom stereocenters. The second kappa shape index (κ2) is 8.19. The first-order valence-electron chi connectivity index (χ1n) is 8.83. The molecule has 1 fully saturated rings. The Bertz CT molecular complexity index is 933. The van der Waals surface area contributed by atoms with Gasteiger partial charge in [-0.3, -0.25) is 9.89 Å². The van der Waals surface area contributed by atoms with Gasteiger partial charge in [0.05, 0.1) is 4.58 Å². The molecule has 1 aliphatic heterocycles. The fraction of sp³-hybridized carbons (Fsp3) is 0.250. The SMILES string of the molecule is Cc1nc(-c2cccc(NC(=O)c3ccc(C4SCCCS4)cc3)c2)n[nH]1. The lowest BCUT2D eigenvalue weighted by Crippen LogP contribution is -2.12. The summed E-state index contributed by atoms with van der Waals surface area (Å²) in [6, 6.07) is 15.5. The van der Waals surface area contributed by atoms with Crippen molar-refractivity contribution in [3.05, 3.63) is 65.5 Å². The van der Waals surface area contributed by atoms with Gasteiger partial charge in [-0.25, -0.2) is 4.98 Å². The van der Waals surface area contributed by atoms with Gasteiger partial charge in [-0.1, -0.05) is 24.3 Å². The first-order valence-corrected chi connectivity index (χ1v) is 10.9. The highest BCUT2D eigenvalue weighted by Crippen LogP contribution is 2.43. The van der Waals surface area contributed by atoms with Crippen molar-refractivity contribution >= 4 is 35.1 Å². The number of thioether (sulfide) groups is 2. The molecule has 2 aromatic carbocycles. The van der Waals surface area contributed by atoms with Crippen molar-refractivity contribution in [3.63, 3.8) is 0 Å². The maximum Gasteiger partial charge on any atom is 0.255 e. The summed E-state index contributed by atoms with van der Waals surface area (Å²) < 4.78 is 0.484. The van der Waals surface area contributed by atoms with E-state index in [0.717, 1.165) is 17.1 Å². The molecule has 5 nitrogen and oxygen atoms in total. The number of benzene rings is 2. The van der Waals surface area contributed by atoms with E-state index in [2.05, 4.69) is 32.6 Å². The summed E-state index contributed by atoms with van der Waals surface area (Å²) in [6.45, 7) is 1.86. The summed E-state index contributed by atoms with van der Waals surface area (Å²) in [7, 11) is 0. The van der Waals surface area contributed by atoms with Gasteiger partial charge in [0.25, 0.3) is 5.91 Å². The highest BCUT2D eigenvalue weighted by Gasteiger charge is 2.17. The second-order valence-electron chi connectivity index (χ2n) is 6.33. The number of carbonyl (C=O) groups is 1. The van der Waals surface area contributed by atoms with Crippen molar-refractivity contribution in [1.29, 1.82) is 0 Å². The summed E-state index contributed by atoms with van der Waals surface area (Å²) in [5.74, 6) is 3.68. The average molecular weight is 397 g/mol. The molecule has 1 aliphatic rings. The normalized spacial score (nSPS) is 14.9. The molecule has 4 rings (SSSR count). The number of nitrogens with one attached hydrogen (secondary N) is 2. The zero-order valence-corrected chi connectivity index (χ0v) is 16.6. The monoisotopic (exact) mass is 396 g/mol. The Morgan fingerprint density at radius 3 is 2.63 bits per heavy atom. The van der Waals surface area contributed by atoms with Crippen LogP contribution in [0.3, 0.4) is 0 Å². The third-order valence-corrected chi connectivity index (χ3v) is 7.26. The van der Waals surface area contributed by atoms with Crippen molar-refractivity contribution < 1.29 is 4.79 Å². The smallest absolute Gasteiger partial charge is 0.255 e. The molecule has 1 aromatic heterocycles. The van der Waals surface area contributed by atoms with Crippen molar-refractivity contribution in [2.24, 2.45) is 0 Å². The number of nitrogens with zero attached hydrogens (tertiary/aromatic N) is 2. The van der Waals surface area contributed by atoms with Crippen LogP contribution in [0, 0.1) is 6.92 Å².